The minimum Gasteiger partial charge on any atom is -0.386 e. The lowest BCUT2D eigenvalue weighted by Gasteiger charge is -2.30. The smallest absolute Gasteiger partial charge is 0.166 e. The van der Waals surface area contributed by atoms with Gasteiger partial charge in [-0.25, -0.2) is 8.42 Å². The van der Waals surface area contributed by atoms with Crippen molar-refractivity contribution in [1.82, 2.24) is 0 Å². The summed E-state index contributed by atoms with van der Waals surface area (Å²) in [6, 6.07) is 7.20. The van der Waals surface area contributed by atoms with Gasteiger partial charge in [-0.15, -0.1) is 0 Å². The van der Waals surface area contributed by atoms with Crippen LogP contribution in [-0.2, 0) is 9.84 Å². The molecule has 0 aromatic heterocycles. The second-order valence-corrected chi connectivity index (χ2v) is 8.44. The molecule has 1 aromatic carbocycles. The minimum absolute atomic E-state index is 0.293. The monoisotopic (exact) mass is 320 g/mol. The lowest BCUT2D eigenvalue weighted by atomic mass is 10.0. The summed E-state index contributed by atoms with van der Waals surface area (Å²) in [4.78, 5) is 0. The van der Waals surface area contributed by atoms with Crippen LogP contribution in [0.2, 0.25) is 0 Å². The summed E-state index contributed by atoms with van der Waals surface area (Å²) in [7, 11) is -3.41. The summed E-state index contributed by atoms with van der Waals surface area (Å²) in [6.45, 7) is 3.67. The Morgan fingerprint density at radius 3 is 2.18 bits per heavy atom. The Hall–Kier alpha value is -0.390. The maximum Gasteiger partial charge on any atom is 0.166 e. The molecule has 3 nitrogen and oxygen atoms in total. The van der Waals surface area contributed by atoms with Crippen LogP contribution in [0.3, 0.4) is 0 Å². The van der Waals surface area contributed by atoms with Gasteiger partial charge >= 0.3 is 0 Å². The van der Waals surface area contributed by atoms with E-state index in [0.717, 1.165) is 11.8 Å². The normalized spacial score (nSPS) is 17.5. The number of benzene rings is 1. The third-order valence-corrected chi connectivity index (χ3v) is 7.40. The van der Waals surface area contributed by atoms with E-state index in [4.69, 9.17) is 0 Å². The fraction of sp³-hybridized carbons (Fsp3) is 0.500. The first-order valence-electron chi connectivity index (χ1n) is 5.35. The summed E-state index contributed by atoms with van der Waals surface area (Å²) in [5.41, 5.74) is 1.66. The third-order valence-electron chi connectivity index (χ3n) is 2.90. The third kappa shape index (κ3) is 2.89. The predicted molar refractivity (Wildman–Crippen MR) is 72.9 cm³/mol. The van der Waals surface area contributed by atoms with Crippen molar-refractivity contribution in [2.24, 2.45) is 0 Å². The number of aliphatic hydroxyl groups excluding tert-OH is 1. The van der Waals surface area contributed by atoms with Crippen molar-refractivity contribution in [3.05, 3.63) is 35.4 Å². The topological polar surface area (TPSA) is 54.4 Å². The summed E-state index contributed by atoms with van der Waals surface area (Å²) in [5.74, 6) is 0. The number of hydrogen-bond acceptors (Lipinski definition) is 3. The van der Waals surface area contributed by atoms with E-state index < -0.39 is 19.6 Å². The minimum atomic E-state index is -3.41. The number of hydrogen-bond donors (Lipinski definition) is 1. The number of sulfone groups is 1. The highest BCUT2D eigenvalue weighted by molar-refractivity contribution is 9.11. The van der Waals surface area contributed by atoms with E-state index in [9.17, 15) is 13.5 Å². The fourth-order valence-electron chi connectivity index (χ4n) is 1.66. The van der Waals surface area contributed by atoms with Crippen LogP contribution < -0.4 is 0 Å². The van der Waals surface area contributed by atoms with Gasteiger partial charge in [-0.1, -0.05) is 52.7 Å². The Kier molecular flexibility index (Phi) is 4.38. The molecule has 0 aliphatic rings. The van der Waals surface area contributed by atoms with Crippen molar-refractivity contribution < 1.29 is 13.5 Å². The second kappa shape index (κ2) is 5.08. The first kappa shape index (κ1) is 14.7. The zero-order valence-electron chi connectivity index (χ0n) is 10.1. The highest BCUT2D eigenvalue weighted by atomic mass is 79.9. The first-order chi connectivity index (χ1) is 7.72. The molecule has 0 heterocycles. The Morgan fingerprint density at radius 1 is 1.35 bits per heavy atom. The van der Waals surface area contributed by atoms with Crippen molar-refractivity contribution in [3.63, 3.8) is 0 Å². The first-order valence-corrected chi connectivity index (χ1v) is 8.04. The summed E-state index contributed by atoms with van der Waals surface area (Å²) in [6.07, 6.45) is 0.340. The van der Waals surface area contributed by atoms with Crippen LogP contribution >= 0.6 is 15.9 Å². The summed E-state index contributed by atoms with van der Waals surface area (Å²) in [5, 5.41) is 10.2. The summed E-state index contributed by atoms with van der Waals surface area (Å²) >= 11 is 3.19. The molecule has 2 atom stereocenters. The van der Waals surface area contributed by atoms with Crippen molar-refractivity contribution >= 4 is 25.8 Å². The van der Waals surface area contributed by atoms with Crippen LogP contribution in [0, 0.1) is 6.92 Å². The van der Waals surface area contributed by atoms with E-state index in [0.29, 0.717) is 12.0 Å². The van der Waals surface area contributed by atoms with E-state index in [1.807, 2.05) is 19.1 Å². The zero-order valence-corrected chi connectivity index (χ0v) is 12.5. The van der Waals surface area contributed by atoms with Gasteiger partial charge in [0.2, 0.25) is 0 Å². The Labute approximate surface area is 111 Å². The zero-order chi connectivity index (χ0) is 13.3. The van der Waals surface area contributed by atoms with Crippen LogP contribution in [0.5, 0.6) is 0 Å². The molecule has 0 bridgehead atoms. The van der Waals surface area contributed by atoms with Gasteiger partial charge in [0.25, 0.3) is 0 Å². The Morgan fingerprint density at radius 2 is 1.82 bits per heavy atom. The maximum absolute atomic E-state index is 11.8. The van der Waals surface area contributed by atoms with Crippen molar-refractivity contribution in [2.75, 3.05) is 6.26 Å². The van der Waals surface area contributed by atoms with E-state index in [1.54, 1.807) is 19.1 Å². The average molecular weight is 321 g/mol. The predicted octanol–water partition coefficient (Wildman–Crippen LogP) is 2.57. The van der Waals surface area contributed by atoms with Gasteiger partial charge in [0.05, 0.1) is 0 Å². The number of alkyl halides is 1. The van der Waals surface area contributed by atoms with Crippen LogP contribution in [0.4, 0.5) is 0 Å². The average Bonchev–Trinajstić information content (AvgIpc) is 2.26. The molecule has 0 saturated carbocycles. The van der Waals surface area contributed by atoms with Gasteiger partial charge < -0.3 is 5.11 Å². The van der Waals surface area contributed by atoms with Gasteiger partial charge in [-0.05, 0) is 18.9 Å². The molecule has 0 amide bonds. The molecular formula is C12H17BrO3S. The lowest BCUT2D eigenvalue weighted by molar-refractivity contribution is 0.160. The molecule has 96 valence electrons. The number of rotatable bonds is 4. The molecule has 1 aromatic rings. The summed E-state index contributed by atoms with van der Waals surface area (Å²) < 4.78 is 22.2. The van der Waals surface area contributed by atoms with E-state index >= 15 is 0 Å². The SMILES string of the molecule is CC[C@@](Br)([C@@H](O)c1ccc(C)cc1)S(C)(=O)=O. The quantitative estimate of drug-likeness (QED) is 0.867. The van der Waals surface area contributed by atoms with Gasteiger partial charge in [-0.3, -0.25) is 0 Å². The molecule has 0 unspecified atom stereocenters. The largest absolute Gasteiger partial charge is 0.386 e. The highest BCUT2D eigenvalue weighted by Crippen LogP contribution is 2.41. The van der Waals surface area contributed by atoms with Gasteiger partial charge in [-0.2, -0.15) is 0 Å². The lowest BCUT2D eigenvalue weighted by Crippen LogP contribution is -2.37. The van der Waals surface area contributed by atoms with Crippen LogP contribution in [0.15, 0.2) is 24.3 Å². The maximum atomic E-state index is 11.8. The number of aryl methyl sites for hydroxylation is 1. The molecule has 17 heavy (non-hydrogen) atoms. The molecule has 5 heteroatoms. The highest BCUT2D eigenvalue weighted by Gasteiger charge is 2.44. The van der Waals surface area contributed by atoms with Crippen LogP contribution in [-0.4, -0.2) is 23.4 Å². The molecule has 0 saturated heterocycles. The van der Waals surface area contributed by atoms with Gasteiger partial charge in [0, 0.05) is 6.26 Å². The van der Waals surface area contributed by atoms with E-state index in [1.165, 1.54) is 0 Å². The Balaban J connectivity index is 3.19. The van der Waals surface area contributed by atoms with Gasteiger partial charge in [0.15, 0.2) is 13.5 Å². The van der Waals surface area contributed by atoms with Crippen LogP contribution in [0.1, 0.15) is 30.6 Å². The molecule has 1 N–H and O–H groups in total. The van der Waals surface area contributed by atoms with Crippen molar-refractivity contribution in [3.8, 4) is 0 Å². The standard InChI is InChI=1S/C12H17BrO3S/c1-4-12(13,17(3,15)16)11(14)10-7-5-9(2)6-8-10/h5-8,11,14H,4H2,1-3H3/t11-,12-/m0/s1. The Bertz CT molecular complexity index is 481. The molecule has 0 spiro atoms. The fourth-order valence-corrected chi connectivity index (χ4v) is 2.99. The van der Waals surface area contributed by atoms with Gasteiger partial charge in [0.1, 0.15) is 6.10 Å². The van der Waals surface area contributed by atoms with Crippen LogP contribution in [0.25, 0.3) is 0 Å². The molecular weight excluding hydrogens is 304 g/mol. The second-order valence-electron chi connectivity index (χ2n) is 4.23. The molecule has 0 fully saturated rings. The molecule has 0 radical (unpaired) electrons. The number of halogens is 1. The molecule has 1 rings (SSSR count). The van der Waals surface area contributed by atoms with Crippen molar-refractivity contribution in [2.45, 2.75) is 30.0 Å². The molecule has 0 aliphatic carbocycles. The molecule has 0 aliphatic heterocycles. The van der Waals surface area contributed by atoms with E-state index in [-0.39, 0.29) is 0 Å². The van der Waals surface area contributed by atoms with Crippen molar-refractivity contribution in [1.29, 1.82) is 0 Å². The number of aliphatic hydroxyl groups is 1. The van der Waals surface area contributed by atoms with E-state index in [2.05, 4.69) is 15.9 Å².